The second-order valence-corrected chi connectivity index (χ2v) is 5.78. The first-order chi connectivity index (χ1) is 11.9. The summed E-state index contributed by atoms with van der Waals surface area (Å²) in [6.45, 7) is 3.76. The summed E-state index contributed by atoms with van der Waals surface area (Å²) in [5.74, 6) is -2.59. The van der Waals surface area contributed by atoms with Crippen LogP contribution in [0.5, 0.6) is 0 Å². The van der Waals surface area contributed by atoms with E-state index < -0.39 is 11.6 Å². The van der Waals surface area contributed by atoms with Crippen molar-refractivity contribution in [2.24, 2.45) is 0 Å². The van der Waals surface area contributed by atoms with Gasteiger partial charge in [-0.15, -0.1) is 0 Å². The minimum atomic E-state index is -1.03. The molecule has 0 heterocycles. The Morgan fingerprint density at radius 2 is 1.84 bits per heavy atom. The van der Waals surface area contributed by atoms with Crippen molar-refractivity contribution in [1.29, 1.82) is 0 Å². The number of carbonyl (C=O) groups excluding carboxylic acids is 2. The molecule has 0 aliphatic heterocycles. The molecule has 0 spiro atoms. The number of anilines is 1. The highest BCUT2D eigenvalue weighted by Crippen LogP contribution is 2.18. The van der Waals surface area contributed by atoms with Crippen LogP contribution in [0.2, 0.25) is 0 Å². The zero-order chi connectivity index (χ0) is 18.4. The third kappa shape index (κ3) is 5.38. The molecule has 0 saturated heterocycles. The Morgan fingerprint density at radius 3 is 2.48 bits per heavy atom. The van der Waals surface area contributed by atoms with Gasteiger partial charge >= 0.3 is 0 Å². The van der Waals surface area contributed by atoms with E-state index in [2.05, 4.69) is 5.32 Å². The zero-order valence-corrected chi connectivity index (χ0v) is 14.2. The molecule has 2 amide bonds. The normalized spacial score (nSPS) is 10.4. The molecule has 2 aromatic rings. The number of nitrogens with one attached hydrogen (secondary N) is 1. The van der Waals surface area contributed by atoms with E-state index in [1.165, 1.54) is 17.9 Å². The van der Waals surface area contributed by atoms with E-state index in [0.717, 1.165) is 23.3 Å². The standard InChI is InChI=1S/C19H20F2N2O2/c1-13-4-3-5-15(10-13)12-22-19(25)8-9-23(14(2)24)16-6-7-17(20)18(21)11-16/h3-7,10-11H,8-9,12H2,1-2H3,(H,22,25). The number of nitrogens with zero attached hydrogens (tertiary/aromatic N) is 1. The van der Waals surface area contributed by atoms with Crippen LogP contribution in [0.1, 0.15) is 24.5 Å². The Balaban J connectivity index is 1.93. The van der Waals surface area contributed by atoms with E-state index in [0.29, 0.717) is 6.54 Å². The lowest BCUT2D eigenvalue weighted by Gasteiger charge is -2.21. The molecule has 0 aliphatic carbocycles. The van der Waals surface area contributed by atoms with Crippen molar-refractivity contribution < 1.29 is 18.4 Å². The fraction of sp³-hybridized carbons (Fsp3) is 0.263. The fourth-order valence-electron chi connectivity index (χ4n) is 2.45. The number of benzene rings is 2. The van der Waals surface area contributed by atoms with Crippen molar-refractivity contribution in [3.63, 3.8) is 0 Å². The van der Waals surface area contributed by atoms with Gasteiger partial charge in [-0.25, -0.2) is 8.78 Å². The summed E-state index contributed by atoms with van der Waals surface area (Å²) in [6.07, 6.45) is 0.0599. The van der Waals surface area contributed by atoms with Crippen LogP contribution in [0.25, 0.3) is 0 Å². The number of hydrogen-bond acceptors (Lipinski definition) is 2. The molecule has 0 aliphatic rings. The molecule has 0 fully saturated rings. The second kappa shape index (κ2) is 8.37. The third-order valence-electron chi connectivity index (χ3n) is 3.73. The smallest absolute Gasteiger partial charge is 0.223 e. The number of halogens is 2. The van der Waals surface area contributed by atoms with Gasteiger partial charge < -0.3 is 10.2 Å². The maximum atomic E-state index is 13.4. The third-order valence-corrected chi connectivity index (χ3v) is 3.73. The largest absolute Gasteiger partial charge is 0.352 e. The van der Waals surface area contributed by atoms with Gasteiger partial charge in [-0.1, -0.05) is 29.8 Å². The number of carbonyl (C=O) groups is 2. The lowest BCUT2D eigenvalue weighted by atomic mass is 10.1. The van der Waals surface area contributed by atoms with Gasteiger partial charge in [-0.2, -0.15) is 0 Å². The molecule has 0 radical (unpaired) electrons. The van der Waals surface area contributed by atoms with Gasteiger partial charge in [0, 0.05) is 38.2 Å². The quantitative estimate of drug-likeness (QED) is 0.872. The van der Waals surface area contributed by atoms with Crippen molar-refractivity contribution >= 4 is 17.5 Å². The summed E-state index contributed by atoms with van der Waals surface area (Å²) in [4.78, 5) is 25.0. The van der Waals surface area contributed by atoms with Crippen LogP contribution in [0.3, 0.4) is 0 Å². The summed E-state index contributed by atoms with van der Waals surface area (Å²) < 4.78 is 26.4. The van der Waals surface area contributed by atoms with E-state index in [4.69, 9.17) is 0 Å². The molecule has 0 atom stereocenters. The van der Waals surface area contributed by atoms with Gasteiger partial charge in [0.25, 0.3) is 0 Å². The highest BCUT2D eigenvalue weighted by atomic mass is 19.2. The predicted octanol–water partition coefficient (Wildman–Crippen LogP) is 3.33. The highest BCUT2D eigenvalue weighted by Gasteiger charge is 2.15. The predicted molar refractivity (Wildman–Crippen MR) is 92.0 cm³/mol. The van der Waals surface area contributed by atoms with Crippen LogP contribution in [0, 0.1) is 18.6 Å². The molecule has 0 unspecified atom stereocenters. The van der Waals surface area contributed by atoms with E-state index in [-0.39, 0.29) is 30.5 Å². The molecule has 6 heteroatoms. The van der Waals surface area contributed by atoms with Gasteiger partial charge in [0.1, 0.15) is 0 Å². The fourth-order valence-corrected chi connectivity index (χ4v) is 2.45. The molecular weight excluding hydrogens is 326 g/mol. The van der Waals surface area contributed by atoms with E-state index in [1.807, 2.05) is 31.2 Å². The Labute approximate surface area is 145 Å². The highest BCUT2D eigenvalue weighted by molar-refractivity contribution is 5.92. The lowest BCUT2D eigenvalue weighted by molar-refractivity contribution is -0.121. The summed E-state index contributed by atoms with van der Waals surface area (Å²) in [7, 11) is 0. The maximum absolute atomic E-state index is 13.4. The SMILES string of the molecule is CC(=O)N(CCC(=O)NCc1cccc(C)c1)c1ccc(F)c(F)c1. The van der Waals surface area contributed by atoms with Crippen LogP contribution in [-0.2, 0) is 16.1 Å². The molecule has 0 bridgehead atoms. The Hall–Kier alpha value is -2.76. The first-order valence-corrected chi connectivity index (χ1v) is 7.92. The van der Waals surface area contributed by atoms with Gasteiger partial charge in [0.05, 0.1) is 0 Å². The summed E-state index contributed by atoms with van der Waals surface area (Å²) in [5.41, 5.74) is 2.31. The van der Waals surface area contributed by atoms with Crippen molar-refractivity contribution in [2.45, 2.75) is 26.8 Å². The minimum Gasteiger partial charge on any atom is -0.352 e. The van der Waals surface area contributed by atoms with Crippen molar-refractivity contribution in [1.82, 2.24) is 5.32 Å². The van der Waals surface area contributed by atoms with Crippen molar-refractivity contribution in [2.75, 3.05) is 11.4 Å². The molecule has 25 heavy (non-hydrogen) atoms. The zero-order valence-electron chi connectivity index (χ0n) is 14.2. The minimum absolute atomic E-state index is 0.0599. The van der Waals surface area contributed by atoms with Gasteiger partial charge in [-0.05, 0) is 24.6 Å². The molecule has 4 nitrogen and oxygen atoms in total. The molecule has 2 rings (SSSR count). The van der Waals surface area contributed by atoms with E-state index in [9.17, 15) is 18.4 Å². The number of hydrogen-bond donors (Lipinski definition) is 1. The molecule has 0 aromatic heterocycles. The number of amides is 2. The first kappa shape index (κ1) is 18.6. The Morgan fingerprint density at radius 1 is 1.08 bits per heavy atom. The van der Waals surface area contributed by atoms with Crippen LogP contribution >= 0.6 is 0 Å². The molecular formula is C19H20F2N2O2. The molecule has 1 N–H and O–H groups in total. The van der Waals surface area contributed by atoms with E-state index >= 15 is 0 Å². The van der Waals surface area contributed by atoms with E-state index in [1.54, 1.807) is 0 Å². The maximum Gasteiger partial charge on any atom is 0.223 e. The van der Waals surface area contributed by atoms with Crippen molar-refractivity contribution in [3.8, 4) is 0 Å². The van der Waals surface area contributed by atoms with Crippen LogP contribution in [-0.4, -0.2) is 18.4 Å². The average Bonchev–Trinajstić information content (AvgIpc) is 2.56. The topological polar surface area (TPSA) is 49.4 Å². The number of aryl methyl sites for hydroxylation is 1. The van der Waals surface area contributed by atoms with Gasteiger partial charge in [0.2, 0.25) is 11.8 Å². The molecule has 132 valence electrons. The van der Waals surface area contributed by atoms with Crippen LogP contribution in [0.15, 0.2) is 42.5 Å². The monoisotopic (exact) mass is 346 g/mol. The lowest BCUT2D eigenvalue weighted by Crippen LogP contribution is -2.33. The van der Waals surface area contributed by atoms with Crippen molar-refractivity contribution in [3.05, 3.63) is 65.2 Å². The van der Waals surface area contributed by atoms with Gasteiger partial charge in [-0.3, -0.25) is 9.59 Å². The molecule has 0 saturated carbocycles. The summed E-state index contributed by atoms with van der Waals surface area (Å²) >= 11 is 0. The Kier molecular flexibility index (Phi) is 6.22. The summed E-state index contributed by atoms with van der Waals surface area (Å²) in [6, 6.07) is 11.0. The van der Waals surface area contributed by atoms with Crippen LogP contribution in [0.4, 0.5) is 14.5 Å². The summed E-state index contributed by atoms with van der Waals surface area (Å²) in [5, 5.41) is 2.78. The van der Waals surface area contributed by atoms with Crippen LogP contribution < -0.4 is 10.2 Å². The molecule has 2 aromatic carbocycles. The Bertz CT molecular complexity index is 778. The number of rotatable bonds is 6. The van der Waals surface area contributed by atoms with Gasteiger partial charge in [0.15, 0.2) is 11.6 Å². The second-order valence-electron chi connectivity index (χ2n) is 5.78. The average molecular weight is 346 g/mol. The first-order valence-electron chi connectivity index (χ1n) is 7.92.